The van der Waals surface area contributed by atoms with E-state index < -0.39 is 0 Å². The summed E-state index contributed by atoms with van der Waals surface area (Å²) < 4.78 is 9.97. The fraction of sp³-hybridized carbons (Fsp3) is 1.00. The molecule has 0 aliphatic heterocycles. The van der Waals surface area contributed by atoms with Crippen LogP contribution in [0.25, 0.3) is 0 Å². The maximum atomic E-state index is 8.25. The molecule has 0 saturated heterocycles. The second-order valence-electron chi connectivity index (χ2n) is 3.88. The van der Waals surface area contributed by atoms with Crippen molar-refractivity contribution < 1.29 is 19.7 Å². The van der Waals surface area contributed by atoms with E-state index in [4.69, 9.17) is 19.7 Å². The Kier molecular flexibility index (Phi) is 19.6. The lowest BCUT2D eigenvalue weighted by atomic mass is 10.2. The Morgan fingerprint density at radius 1 is 0.938 bits per heavy atom. The highest BCUT2D eigenvalue weighted by molar-refractivity contribution is 4.38. The highest BCUT2D eigenvalue weighted by Gasteiger charge is 1.90. The molecule has 0 aromatic rings. The van der Waals surface area contributed by atoms with Crippen LogP contribution < -0.4 is 0 Å². The van der Waals surface area contributed by atoms with Crippen LogP contribution in [0, 0.1) is 5.92 Å². The second-order valence-corrected chi connectivity index (χ2v) is 3.88. The molecule has 0 radical (unpaired) electrons. The molecule has 0 unspecified atom stereocenters. The van der Waals surface area contributed by atoms with Crippen LogP contribution in [0.1, 0.15) is 33.6 Å². The van der Waals surface area contributed by atoms with Gasteiger partial charge in [0.2, 0.25) is 0 Å². The first-order valence-corrected chi connectivity index (χ1v) is 6.06. The molecule has 0 atom stereocenters. The number of rotatable bonds is 9. The van der Waals surface area contributed by atoms with E-state index in [1.165, 1.54) is 0 Å². The highest BCUT2D eigenvalue weighted by atomic mass is 16.5. The van der Waals surface area contributed by atoms with Crippen molar-refractivity contribution in [3.63, 3.8) is 0 Å². The van der Waals surface area contributed by atoms with Crippen molar-refractivity contribution in [3.8, 4) is 0 Å². The summed E-state index contributed by atoms with van der Waals surface area (Å²) in [6.07, 6.45) is 2.26. The third-order valence-corrected chi connectivity index (χ3v) is 1.56. The van der Waals surface area contributed by atoms with E-state index in [0.29, 0.717) is 19.1 Å². The first kappa shape index (κ1) is 18.2. The molecule has 0 rings (SSSR count). The molecular formula is C12H28O4. The molecule has 0 aliphatic rings. The maximum absolute atomic E-state index is 8.25. The van der Waals surface area contributed by atoms with Gasteiger partial charge in [-0.25, -0.2) is 0 Å². The fourth-order valence-corrected chi connectivity index (χ4v) is 0.797. The first-order chi connectivity index (χ1) is 7.68. The van der Waals surface area contributed by atoms with Crippen molar-refractivity contribution in [1.82, 2.24) is 0 Å². The van der Waals surface area contributed by atoms with Gasteiger partial charge in [0, 0.05) is 13.2 Å². The van der Waals surface area contributed by atoms with E-state index in [1.807, 2.05) is 0 Å². The molecular weight excluding hydrogens is 208 g/mol. The fourth-order valence-electron chi connectivity index (χ4n) is 0.797. The van der Waals surface area contributed by atoms with Crippen molar-refractivity contribution in [2.45, 2.75) is 33.6 Å². The predicted molar refractivity (Wildman–Crippen MR) is 65.6 cm³/mol. The smallest absolute Gasteiger partial charge is 0.0697 e. The number of aliphatic hydroxyl groups is 2. The summed E-state index contributed by atoms with van der Waals surface area (Å²) in [6.45, 7) is 9.04. The van der Waals surface area contributed by atoms with Crippen molar-refractivity contribution in [2.75, 3.05) is 39.6 Å². The van der Waals surface area contributed by atoms with Crippen molar-refractivity contribution in [2.24, 2.45) is 5.92 Å². The normalized spacial score (nSPS) is 10.1. The standard InChI is InChI=1S/2C6H14O2/c1-6(2)5-8-4-3-7;1-2-3-5-8-6-4-7/h6-7H,3-5H2,1-2H3;7H,2-6H2,1H3. The number of unbranched alkanes of at least 4 members (excludes halogenated alkanes) is 1. The summed E-state index contributed by atoms with van der Waals surface area (Å²) in [5, 5.41) is 16.5. The van der Waals surface area contributed by atoms with Gasteiger partial charge in [-0.05, 0) is 12.3 Å². The second kappa shape index (κ2) is 17.2. The Bertz CT molecular complexity index is 101. The topological polar surface area (TPSA) is 58.9 Å². The zero-order chi connectivity index (χ0) is 12.6. The molecule has 16 heavy (non-hydrogen) atoms. The maximum Gasteiger partial charge on any atom is 0.0697 e. The van der Waals surface area contributed by atoms with Crippen molar-refractivity contribution in [1.29, 1.82) is 0 Å². The van der Waals surface area contributed by atoms with E-state index >= 15 is 0 Å². The van der Waals surface area contributed by atoms with Gasteiger partial charge in [-0.3, -0.25) is 0 Å². The average molecular weight is 236 g/mol. The number of ether oxygens (including phenoxy) is 2. The molecule has 0 aromatic heterocycles. The van der Waals surface area contributed by atoms with Crippen molar-refractivity contribution in [3.05, 3.63) is 0 Å². The average Bonchev–Trinajstić information content (AvgIpc) is 2.25. The summed E-state index contributed by atoms with van der Waals surface area (Å²) >= 11 is 0. The summed E-state index contributed by atoms with van der Waals surface area (Å²) in [7, 11) is 0. The Morgan fingerprint density at radius 3 is 1.94 bits per heavy atom. The lowest BCUT2D eigenvalue weighted by molar-refractivity contribution is 0.0752. The lowest BCUT2D eigenvalue weighted by Gasteiger charge is -2.03. The molecule has 0 saturated carbocycles. The zero-order valence-corrected chi connectivity index (χ0v) is 10.9. The van der Waals surface area contributed by atoms with E-state index in [1.54, 1.807) is 0 Å². The van der Waals surface area contributed by atoms with Crippen LogP contribution in [0.15, 0.2) is 0 Å². The summed E-state index contributed by atoms with van der Waals surface area (Å²) in [6, 6.07) is 0. The molecule has 0 heterocycles. The van der Waals surface area contributed by atoms with Crippen LogP contribution in [-0.2, 0) is 9.47 Å². The zero-order valence-electron chi connectivity index (χ0n) is 10.9. The summed E-state index contributed by atoms with van der Waals surface area (Å²) in [5.41, 5.74) is 0. The highest BCUT2D eigenvalue weighted by Crippen LogP contribution is 1.90. The Morgan fingerprint density at radius 2 is 1.50 bits per heavy atom. The van der Waals surface area contributed by atoms with Gasteiger partial charge in [0.15, 0.2) is 0 Å². The molecule has 0 aromatic carbocycles. The van der Waals surface area contributed by atoms with Gasteiger partial charge in [0.25, 0.3) is 0 Å². The Hall–Kier alpha value is -0.160. The number of hydrogen-bond acceptors (Lipinski definition) is 4. The number of hydrogen-bond donors (Lipinski definition) is 2. The minimum absolute atomic E-state index is 0.132. The third-order valence-electron chi connectivity index (χ3n) is 1.56. The van der Waals surface area contributed by atoms with Crippen molar-refractivity contribution >= 4 is 0 Å². The molecule has 100 valence electrons. The van der Waals surface area contributed by atoms with Gasteiger partial charge in [0.1, 0.15) is 0 Å². The van der Waals surface area contributed by atoms with E-state index in [-0.39, 0.29) is 13.2 Å². The van der Waals surface area contributed by atoms with Crippen LogP contribution in [0.5, 0.6) is 0 Å². The summed E-state index contributed by atoms with van der Waals surface area (Å²) in [4.78, 5) is 0. The molecule has 2 N–H and O–H groups in total. The van der Waals surface area contributed by atoms with Gasteiger partial charge >= 0.3 is 0 Å². The van der Waals surface area contributed by atoms with E-state index in [2.05, 4.69) is 20.8 Å². The van der Waals surface area contributed by atoms with Crippen LogP contribution in [0.4, 0.5) is 0 Å². The van der Waals surface area contributed by atoms with E-state index in [9.17, 15) is 0 Å². The Labute approximate surface area is 99.6 Å². The molecule has 0 amide bonds. The van der Waals surface area contributed by atoms with Gasteiger partial charge < -0.3 is 19.7 Å². The molecule has 0 bridgehead atoms. The first-order valence-electron chi connectivity index (χ1n) is 6.06. The monoisotopic (exact) mass is 236 g/mol. The van der Waals surface area contributed by atoms with Gasteiger partial charge in [0.05, 0.1) is 26.4 Å². The largest absolute Gasteiger partial charge is 0.394 e. The molecule has 0 spiro atoms. The minimum Gasteiger partial charge on any atom is -0.394 e. The van der Waals surface area contributed by atoms with Gasteiger partial charge in [-0.2, -0.15) is 0 Å². The van der Waals surface area contributed by atoms with Crippen LogP contribution in [-0.4, -0.2) is 49.9 Å². The molecule has 4 heteroatoms. The van der Waals surface area contributed by atoms with Crippen LogP contribution in [0.3, 0.4) is 0 Å². The van der Waals surface area contributed by atoms with Crippen LogP contribution >= 0.6 is 0 Å². The van der Waals surface area contributed by atoms with Gasteiger partial charge in [-0.15, -0.1) is 0 Å². The minimum atomic E-state index is 0.132. The molecule has 0 fully saturated rings. The van der Waals surface area contributed by atoms with Gasteiger partial charge in [-0.1, -0.05) is 27.2 Å². The molecule has 0 aliphatic carbocycles. The predicted octanol–water partition coefficient (Wildman–Crippen LogP) is 1.45. The van der Waals surface area contributed by atoms with Crippen LogP contribution in [0.2, 0.25) is 0 Å². The number of aliphatic hydroxyl groups excluding tert-OH is 2. The SMILES string of the molecule is CC(C)COCCO.CCCCOCCO. The molecule has 4 nitrogen and oxygen atoms in total. The lowest BCUT2D eigenvalue weighted by Crippen LogP contribution is -2.05. The summed E-state index contributed by atoms with van der Waals surface area (Å²) in [5.74, 6) is 0.571. The third kappa shape index (κ3) is 23.6. The van der Waals surface area contributed by atoms with E-state index in [0.717, 1.165) is 26.1 Å². The quantitative estimate of drug-likeness (QED) is 0.595. The Balaban J connectivity index is 0.